The van der Waals surface area contributed by atoms with Gasteiger partial charge < -0.3 is 34.3 Å². The summed E-state index contributed by atoms with van der Waals surface area (Å²) in [5.74, 6) is 0.607. The molecule has 314 valence electrons. The molecule has 14 heteroatoms. The van der Waals surface area contributed by atoms with Crippen LogP contribution in [0, 0.1) is 34.5 Å². The Kier molecular flexibility index (Phi) is 11.8. The van der Waals surface area contributed by atoms with E-state index in [-0.39, 0.29) is 55.6 Å². The van der Waals surface area contributed by atoms with Gasteiger partial charge in [0.1, 0.15) is 36.1 Å². The third-order valence-electron chi connectivity index (χ3n) is 12.6. The van der Waals surface area contributed by atoms with Crippen LogP contribution in [0.2, 0.25) is 0 Å². The number of nitrogens with one attached hydrogen (secondary N) is 1. The number of pyridine rings is 1. The summed E-state index contributed by atoms with van der Waals surface area (Å²) in [5.41, 5.74) is -1.19. The van der Waals surface area contributed by atoms with Gasteiger partial charge in [-0.25, -0.2) is 9.67 Å². The van der Waals surface area contributed by atoms with Gasteiger partial charge in [0.25, 0.3) is 0 Å². The molecular formula is C44H59N5O9. The van der Waals surface area contributed by atoms with E-state index < -0.39 is 40.8 Å². The number of anilines is 1. The molecule has 0 bridgehead atoms. The second kappa shape index (κ2) is 16.5. The van der Waals surface area contributed by atoms with E-state index in [2.05, 4.69) is 10.4 Å². The number of ketones is 1. The number of amides is 1. The van der Waals surface area contributed by atoms with Crippen LogP contribution in [0.5, 0.6) is 11.5 Å². The van der Waals surface area contributed by atoms with Gasteiger partial charge in [0.05, 0.1) is 42.5 Å². The highest BCUT2D eigenvalue weighted by Crippen LogP contribution is 2.58. The lowest BCUT2D eigenvalue weighted by Crippen LogP contribution is -2.48. The van der Waals surface area contributed by atoms with Crippen LogP contribution in [-0.2, 0) is 28.7 Å². The maximum absolute atomic E-state index is 14.8. The molecule has 2 aromatic heterocycles. The van der Waals surface area contributed by atoms with Crippen LogP contribution in [0.25, 0.3) is 16.7 Å². The van der Waals surface area contributed by atoms with E-state index in [1.165, 1.54) is 6.42 Å². The summed E-state index contributed by atoms with van der Waals surface area (Å²) < 4.78 is 25.4. The van der Waals surface area contributed by atoms with Crippen molar-refractivity contribution in [2.75, 3.05) is 32.2 Å². The molecule has 1 aromatic carbocycles. The monoisotopic (exact) mass is 801 g/mol. The Balaban J connectivity index is 1.19. The number of aliphatic carboxylic acids is 1. The molecule has 1 saturated heterocycles. The lowest BCUT2D eigenvalue weighted by atomic mass is 9.77. The number of hydrogen-bond donors (Lipinski definition) is 2. The standard InChI is InChI=1S/C44H59N5O9/c1-8-28-22-44(28,42(53)54)23-36(50)35-19-31(24-48(35)41(52)33(43(4,5)6)20-40(51)58-30-16-26-15-27(26)17-30)57-37-21-39(49-12-11-38(47-49)45-25(2)3)46-34-18-29(9-10-32(34)37)56-14-13-55-7/h9-12,18,21,25-28,30-31,33,35H,8,13-17,19-20,22-24H2,1-7H3,(H,45,47)(H,53,54)/t26-,27+,28-,30?,31-,33?,35+,44-/m1/s1. The van der Waals surface area contributed by atoms with Gasteiger partial charge in [-0.05, 0) is 74.8 Å². The number of esters is 1. The minimum Gasteiger partial charge on any atom is -0.491 e. The molecule has 4 fully saturated rings. The zero-order valence-electron chi connectivity index (χ0n) is 34.9. The Morgan fingerprint density at radius 2 is 1.78 bits per heavy atom. The van der Waals surface area contributed by atoms with Crippen molar-refractivity contribution >= 4 is 40.3 Å². The van der Waals surface area contributed by atoms with Gasteiger partial charge in [0.15, 0.2) is 11.6 Å². The van der Waals surface area contributed by atoms with E-state index in [0.29, 0.717) is 71.9 Å². The molecule has 3 saturated carbocycles. The smallest absolute Gasteiger partial charge is 0.310 e. The van der Waals surface area contributed by atoms with Gasteiger partial charge in [0.2, 0.25) is 5.91 Å². The fourth-order valence-corrected chi connectivity index (χ4v) is 9.16. The van der Waals surface area contributed by atoms with Crippen LogP contribution in [0.1, 0.15) is 92.9 Å². The van der Waals surface area contributed by atoms with Crippen LogP contribution in [0.4, 0.5) is 5.82 Å². The Labute approximate surface area is 340 Å². The molecule has 3 aromatic rings. The summed E-state index contributed by atoms with van der Waals surface area (Å²) in [7, 11) is 1.61. The van der Waals surface area contributed by atoms with Gasteiger partial charge in [-0.2, -0.15) is 0 Å². The van der Waals surface area contributed by atoms with Crippen molar-refractivity contribution in [1.82, 2.24) is 19.7 Å². The second-order valence-electron chi connectivity index (χ2n) is 18.3. The van der Waals surface area contributed by atoms with E-state index in [9.17, 15) is 24.3 Å². The first-order chi connectivity index (χ1) is 27.6. The predicted octanol–water partition coefficient (Wildman–Crippen LogP) is 6.47. The summed E-state index contributed by atoms with van der Waals surface area (Å²) in [6, 6.07) is 8.40. The SMILES string of the molecule is CC[C@@H]1C[C@]1(CC(=O)[C@@H]1C[C@@H](Oc2cc(-n3ccc(NC(C)C)n3)nc3cc(OCCOC)ccc23)CN1C(=O)C(CC(=O)OC1C[C@@H]2C[C@@H]2C1)C(C)(C)C)C(=O)O. The molecule has 0 spiro atoms. The molecule has 2 unspecified atom stereocenters. The van der Waals surface area contributed by atoms with Gasteiger partial charge in [-0.1, -0.05) is 34.1 Å². The number of carboxylic acid groups (broad SMARTS) is 1. The van der Waals surface area contributed by atoms with Crippen molar-refractivity contribution < 1.29 is 43.2 Å². The molecule has 7 rings (SSSR count). The van der Waals surface area contributed by atoms with Crippen LogP contribution in [-0.4, -0.2) is 99.6 Å². The third-order valence-corrected chi connectivity index (χ3v) is 12.6. The van der Waals surface area contributed by atoms with E-state index in [1.807, 2.05) is 65.8 Å². The van der Waals surface area contributed by atoms with Gasteiger partial charge >= 0.3 is 11.9 Å². The Morgan fingerprint density at radius 1 is 1.02 bits per heavy atom. The first-order valence-electron chi connectivity index (χ1n) is 20.9. The molecule has 8 atom stereocenters. The van der Waals surface area contributed by atoms with Crippen LogP contribution in [0.3, 0.4) is 0 Å². The zero-order valence-corrected chi connectivity index (χ0v) is 34.9. The quantitative estimate of drug-likeness (QED) is 0.106. The minimum atomic E-state index is -1.14. The van der Waals surface area contributed by atoms with E-state index in [1.54, 1.807) is 29.0 Å². The number of fused-ring (bicyclic) bond motifs is 2. The van der Waals surface area contributed by atoms with Crippen molar-refractivity contribution in [1.29, 1.82) is 0 Å². The number of ether oxygens (including phenoxy) is 4. The van der Waals surface area contributed by atoms with E-state index in [4.69, 9.17) is 23.9 Å². The normalized spacial score (nSPS) is 26.7. The molecule has 1 aliphatic heterocycles. The predicted molar refractivity (Wildman–Crippen MR) is 216 cm³/mol. The summed E-state index contributed by atoms with van der Waals surface area (Å²) in [4.78, 5) is 61.5. The second-order valence-corrected chi connectivity index (χ2v) is 18.3. The molecule has 3 heterocycles. The van der Waals surface area contributed by atoms with Gasteiger partial charge in [-0.3, -0.25) is 19.2 Å². The number of nitrogens with zero attached hydrogens (tertiary/aromatic N) is 4. The molecular weight excluding hydrogens is 743 g/mol. The van der Waals surface area contributed by atoms with Gasteiger partial charge in [-0.15, -0.1) is 5.10 Å². The van der Waals surface area contributed by atoms with E-state index in [0.717, 1.165) is 12.8 Å². The fourth-order valence-electron chi connectivity index (χ4n) is 9.16. The highest BCUT2D eigenvalue weighted by Gasteiger charge is 2.61. The molecule has 0 radical (unpaired) electrons. The molecule has 1 amide bonds. The molecule has 14 nitrogen and oxygen atoms in total. The number of rotatable bonds is 18. The molecule has 3 aliphatic carbocycles. The number of hydrogen-bond acceptors (Lipinski definition) is 11. The Hall–Kier alpha value is -4.72. The first kappa shape index (κ1) is 41.4. The lowest BCUT2D eigenvalue weighted by molar-refractivity contribution is -0.157. The summed E-state index contributed by atoms with van der Waals surface area (Å²) in [5, 5.41) is 18.9. The Morgan fingerprint density at radius 3 is 2.43 bits per heavy atom. The number of carbonyl (C=O) groups is 4. The molecule has 58 heavy (non-hydrogen) atoms. The lowest BCUT2D eigenvalue weighted by Gasteiger charge is -2.35. The average Bonchev–Trinajstić information content (AvgIpc) is 3.83. The fraction of sp³-hybridized carbons (Fsp3) is 0.636. The third kappa shape index (κ3) is 8.96. The highest BCUT2D eigenvalue weighted by atomic mass is 16.5. The molecule has 4 aliphatic rings. The average molecular weight is 802 g/mol. The van der Waals surface area contributed by atoms with Crippen LogP contribution in [0.15, 0.2) is 36.5 Å². The van der Waals surface area contributed by atoms with Crippen molar-refractivity contribution in [2.45, 2.75) is 117 Å². The molecule has 2 N–H and O–H groups in total. The van der Waals surface area contributed by atoms with Gasteiger partial charge in [0, 0.05) is 55.8 Å². The number of likely N-dealkylation sites (tertiary alicyclic amines) is 1. The van der Waals surface area contributed by atoms with Crippen molar-refractivity contribution in [3.05, 3.63) is 36.5 Å². The number of aromatic nitrogens is 3. The first-order valence-corrected chi connectivity index (χ1v) is 20.9. The van der Waals surface area contributed by atoms with Crippen molar-refractivity contribution in [2.24, 2.45) is 34.5 Å². The number of carboxylic acids is 1. The van der Waals surface area contributed by atoms with Crippen LogP contribution < -0.4 is 14.8 Å². The zero-order chi connectivity index (χ0) is 41.5. The maximum Gasteiger partial charge on any atom is 0.310 e. The summed E-state index contributed by atoms with van der Waals surface area (Å²) >= 11 is 0. The highest BCUT2D eigenvalue weighted by molar-refractivity contribution is 5.95. The minimum absolute atomic E-state index is 0.0711. The summed E-state index contributed by atoms with van der Waals surface area (Å²) in [6.07, 6.45) is 4.96. The Bertz CT molecular complexity index is 2020. The van der Waals surface area contributed by atoms with Crippen molar-refractivity contribution in [3.63, 3.8) is 0 Å². The van der Waals surface area contributed by atoms with Crippen molar-refractivity contribution in [3.8, 4) is 17.3 Å². The summed E-state index contributed by atoms with van der Waals surface area (Å²) in [6.45, 7) is 12.6. The maximum atomic E-state index is 14.8. The number of benzene rings is 1. The van der Waals surface area contributed by atoms with Crippen LogP contribution >= 0.6 is 0 Å². The largest absolute Gasteiger partial charge is 0.491 e. The number of Topliss-reactive ketones (excluding diaryl/α,β-unsaturated/α-hetero) is 1. The topological polar surface area (TPSA) is 171 Å². The number of carbonyl (C=O) groups excluding carboxylic acids is 3. The number of methoxy groups -OCH3 is 1. The van der Waals surface area contributed by atoms with E-state index >= 15 is 0 Å².